The molecule has 1 N–H and O–H groups in total. The standard InChI is InChI=1S/C20H32N4O3/c1-4-23(5-2)18-6-8-19(9-7-18)24(17(3)25)16-20(26)21-10-11-22-12-14-27-15-13-22/h6-9H,4-5,10-16H2,1-3H3,(H,21,26). The van der Waals surface area contributed by atoms with E-state index in [4.69, 9.17) is 4.74 Å². The van der Waals surface area contributed by atoms with Crippen LogP contribution in [0.15, 0.2) is 24.3 Å². The number of rotatable bonds is 9. The minimum absolute atomic E-state index is 0.0308. The highest BCUT2D eigenvalue weighted by atomic mass is 16.5. The van der Waals surface area contributed by atoms with Crippen LogP contribution < -0.4 is 15.1 Å². The fourth-order valence-electron chi connectivity index (χ4n) is 3.19. The monoisotopic (exact) mass is 376 g/mol. The van der Waals surface area contributed by atoms with Gasteiger partial charge < -0.3 is 19.9 Å². The van der Waals surface area contributed by atoms with Crippen molar-refractivity contribution in [3.8, 4) is 0 Å². The molecule has 0 atom stereocenters. The SMILES string of the molecule is CCN(CC)c1ccc(N(CC(=O)NCCN2CCOCC2)C(C)=O)cc1. The van der Waals surface area contributed by atoms with Gasteiger partial charge in [-0.15, -0.1) is 0 Å². The zero-order valence-electron chi connectivity index (χ0n) is 16.7. The van der Waals surface area contributed by atoms with Crippen molar-refractivity contribution in [2.45, 2.75) is 20.8 Å². The smallest absolute Gasteiger partial charge is 0.240 e. The van der Waals surface area contributed by atoms with Crippen LogP contribution >= 0.6 is 0 Å². The summed E-state index contributed by atoms with van der Waals surface area (Å²) in [5.41, 5.74) is 1.85. The first-order chi connectivity index (χ1) is 13.0. The van der Waals surface area contributed by atoms with Gasteiger partial charge in [-0.05, 0) is 38.1 Å². The summed E-state index contributed by atoms with van der Waals surface area (Å²) in [4.78, 5) is 30.3. The molecule has 1 heterocycles. The van der Waals surface area contributed by atoms with Crippen molar-refractivity contribution in [1.29, 1.82) is 0 Å². The topological polar surface area (TPSA) is 65.1 Å². The van der Waals surface area contributed by atoms with E-state index in [1.807, 2.05) is 24.3 Å². The second-order valence-electron chi connectivity index (χ2n) is 6.60. The zero-order valence-corrected chi connectivity index (χ0v) is 16.7. The van der Waals surface area contributed by atoms with E-state index in [0.717, 1.165) is 57.3 Å². The molecule has 0 aliphatic carbocycles. The first-order valence-corrected chi connectivity index (χ1v) is 9.75. The van der Waals surface area contributed by atoms with Gasteiger partial charge in [-0.1, -0.05) is 0 Å². The molecule has 0 aromatic heterocycles. The van der Waals surface area contributed by atoms with Crippen LogP contribution in [0, 0.1) is 0 Å². The number of hydrogen-bond donors (Lipinski definition) is 1. The number of amides is 2. The second-order valence-corrected chi connectivity index (χ2v) is 6.60. The van der Waals surface area contributed by atoms with E-state index in [0.29, 0.717) is 6.54 Å². The van der Waals surface area contributed by atoms with Crippen LogP contribution in [0.4, 0.5) is 11.4 Å². The molecule has 0 saturated carbocycles. The number of nitrogens with one attached hydrogen (secondary N) is 1. The Kier molecular flexibility index (Phi) is 8.54. The predicted octanol–water partition coefficient (Wildman–Crippen LogP) is 1.33. The summed E-state index contributed by atoms with van der Waals surface area (Å²) >= 11 is 0. The van der Waals surface area contributed by atoms with Crippen molar-refractivity contribution in [2.75, 3.05) is 68.8 Å². The van der Waals surface area contributed by atoms with E-state index in [9.17, 15) is 9.59 Å². The van der Waals surface area contributed by atoms with Crippen LogP contribution in [-0.2, 0) is 14.3 Å². The predicted molar refractivity (Wildman–Crippen MR) is 108 cm³/mol. The second kappa shape index (κ2) is 10.9. The quantitative estimate of drug-likeness (QED) is 0.705. The number of morpholine rings is 1. The highest BCUT2D eigenvalue weighted by molar-refractivity contribution is 5.97. The Balaban J connectivity index is 1.88. The molecule has 7 heteroatoms. The molecule has 0 bridgehead atoms. The molecule has 0 unspecified atom stereocenters. The molecule has 7 nitrogen and oxygen atoms in total. The lowest BCUT2D eigenvalue weighted by molar-refractivity contribution is -0.123. The van der Waals surface area contributed by atoms with Crippen molar-refractivity contribution in [3.63, 3.8) is 0 Å². The van der Waals surface area contributed by atoms with Crippen LogP contribution in [0.3, 0.4) is 0 Å². The summed E-state index contributed by atoms with van der Waals surface area (Å²) in [6.07, 6.45) is 0. The number of hydrogen-bond acceptors (Lipinski definition) is 5. The van der Waals surface area contributed by atoms with Gasteiger partial charge >= 0.3 is 0 Å². The summed E-state index contributed by atoms with van der Waals surface area (Å²) in [5.74, 6) is -0.291. The first-order valence-electron chi connectivity index (χ1n) is 9.75. The number of carbonyl (C=O) groups is 2. The number of ether oxygens (including phenoxy) is 1. The molecule has 1 aliphatic heterocycles. The van der Waals surface area contributed by atoms with Crippen LogP contribution in [0.25, 0.3) is 0 Å². The van der Waals surface area contributed by atoms with E-state index in [-0.39, 0.29) is 18.4 Å². The highest BCUT2D eigenvalue weighted by Gasteiger charge is 2.17. The van der Waals surface area contributed by atoms with Gasteiger partial charge in [-0.3, -0.25) is 14.5 Å². The van der Waals surface area contributed by atoms with Crippen LogP contribution in [0.5, 0.6) is 0 Å². The molecule has 150 valence electrons. The fraction of sp³-hybridized carbons (Fsp3) is 0.600. The summed E-state index contributed by atoms with van der Waals surface area (Å²) < 4.78 is 5.32. The fourth-order valence-corrected chi connectivity index (χ4v) is 3.19. The number of anilines is 2. The van der Waals surface area contributed by atoms with Gasteiger partial charge in [-0.2, -0.15) is 0 Å². The van der Waals surface area contributed by atoms with Gasteiger partial charge in [0.25, 0.3) is 0 Å². The third-order valence-corrected chi connectivity index (χ3v) is 4.83. The Morgan fingerprint density at radius 2 is 1.67 bits per heavy atom. The Hall–Kier alpha value is -2.12. The maximum Gasteiger partial charge on any atom is 0.240 e. The molecule has 0 radical (unpaired) electrons. The summed E-state index contributed by atoms with van der Waals surface area (Å²) in [6, 6.07) is 7.79. The van der Waals surface area contributed by atoms with E-state index < -0.39 is 0 Å². The maximum atomic E-state index is 12.3. The number of benzene rings is 1. The Morgan fingerprint density at radius 1 is 1.07 bits per heavy atom. The molecule has 0 spiro atoms. The third-order valence-electron chi connectivity index (χ3n) is 4.83. The summed E-state index contributed by atoms with van der Waals surface area (Å²) in [5, 5.41) is 2.91. The normalized spacial score (nSPS) is 14.6. The Labute approximate surface area is 162 Å². The zero-order chi connectivity index (χ0) is 19.6. The minimum atomic E-state index is -0.147. The van der Waals surface area contributed by atoms with Crippen molar-refractivity contribution in [2.24, 2.45) is 0 Å². The molecule has 2 rings (SSSR count). The molecule has 1 aliphatic rings. The Morgan fingerprint density at radius 3 is 2.22 bits per heavy atom. The first kappa shape index (κ1) is 21.2. The van der Waals surface area contributed by atoms with Crippen molar-refractivity contribution < 1.29 is 14.3 Å². The lowest BCUT2D eigenvalue weighted by Gasteiger charge is -2.27. The largest absolute Gasteiger partial charge is 0.379 e. The third kappa shape index (κ3) is 6.52. The van der Waals surface area contributed by atoms with Gasteiger partial charge in [0.05, 0.1) is 13.2 Å². The van der Waals surface area contributed by atoms with Crippen LogP contribution in [0.2, 0.25) is 0 Å². The van der Waals surface area contributed by atoms with E-state index in [1.165, 1.54) is 11.8 Å². The van der Waals surface area contributed by atoms with E-state index in [1.54, 1.807) is 0 Å². The molecule has 2 amide bonds. The molecule has 27 heavy (non-hydrogen) atoms. The van der Waals surface area contributed by atoms with Gasteiger partial charge in [0.2, 0.25) is 11.8 Å². The van der Waals surface area contributed by atoms with Gasteiger partial charge in [0.15, 0.2) is 0 Å². The van der Waals surface area contributed by atoms with Gasteiger partial charge in [0, 0.05) is 57.6 Å². The molecule has 1 saturated heterocycles. The number of carbonyl (C=O) groups excluding carboxylic acids is 2. The average molecular weight is 377 g/mol. The van der Waals surface area contributed by atoms with Crippen molar-refractivity contribution in [3.05, 3.63) is 24.3 Å². The lowest BCUT2D eigenvalue weighted by Crippen LogP contribution is -2.44. The maximum absolute atomic E-state index is 12.3. The van der Waals surface area contributed by atoms with Gasteiger partial charge in [0.1, 0.15) is 6.54 Å². The van der Waals surface area contributed by atoms with Crippen molar-refractivity contribution >= 4 is 23.2 Å². The summed E-state index contributed by atoms with van der Waals surface area (Å²) in [6.45, 7) is 12.3. The molecule has 1 fully saturated rings. The molecular weight excluding hydrogens is 344 g/mol. The van der Waals surface area contributed by atoms with E-state index in [2.05, 4.69) is 29.0 Å². The average Bonchev–Trinajstić information content (AvgIpc) is 2.68. The molecule has 1 aromatic rings. The van der Waals surface area contributed by atoms with Crippen LogP contribution in [0.1, 0.15) is 20.8 Å². The highest BCUT2D eigenvalue weighted by Crippen LogP contribution is 2.21. The molecular formula is C20H32N4O3. The van der Waals surface area contributed by atoms with Gasteiger partial charge in [-0.25, -0.2) is 0 Å². The summed E-state index contributed by atoms with van der Waals surface area (Å²) in [7, 11) is 0. The minimum Gasteiger partial charge on any atom is -0.379 e. The lowest BCUT2D eigenvalue weighted by atomic mass is 10.2. The van der Waals surface area contributed by atoms with Crippen LogP contribution in [-0.4, -0.2) is 75.7 Å². The van der Waals surface area contributed by atoms with E-state index >= 15 is 0 Å². The molecule has 1 aromatic carbocycles. The van der Waals surface area contributed by atoms with Crippen molar-refractivity contribution in [1.82, 2.24) is 10.2 Å². The number of nitrogens with zero attached hydrogens (tertiary/aromatic N) is 3. The Bertz CT molecular complexity index is 596.